The molecule has 1 saturated carbocycles. The van der Waals surface area contributed by atoms with Crippen LogP contribution in [0.3, 0.4) is 0 Å². The molecule has 1 aliphatic carbocycles. The Labute approximate surface area is 180 Å². The van der Waals surface area contributed by atoms with Crippen LogP contribution in [-0.4, -0.2) is 39.2 Å². The number of halogens is 3. The van der Waals surface area contributed by atoms with Crippen molar-refractivity contribution < 1.29 is 21.6 Å². The summed E-state index contributed by atoms with van der Waals surface area (Å²) >= 11 is 0. The summed E-state index contributed by atoms with van der Waals surface area (Å²) in [4.78, 5) is 2.25. The van der Waals surface area contributed by atoms with Crippen LogP contribution in [0, 0.1) is 11.8 Å². The second-order valence-electron chi connectivity index (χ2n) is 8.66. The van der Waals surface area contributed by atoms with Gasteiger partial charge in [0.1, 0.15) is 0 Å². The van der Waals surface area contributed by atoms with E-state index in [1.807, 2.05) is 18.2 Å². The quantitative estimate of drug-likeness (QED) is 0.699. The van der Waals surface area contributed by atoms with Crippen molar-refractivity contribution in [2.45, 2.75) is 18.5 Å². The second kappa shape index (κ2) is 7.67. The maximum Gasteiger partial charge on any atom is 0.416 e. The number of benzene rings is 2. The predicted molar refractivity (Wildman–Crippen MR) is 116 cm³/mol. The number of nitrogens with zero attached hydrogens (tertiary/aromatic N) is 1. The summed E-state index contributed by atoms with van der Waals surface area (Å²) in [5.41, 5.74) is 1.24. The minimum atomic E-state index is -4.36. The first-order chi connectivity index (χ1) is 14.5. The number of likely N-dealkylation sites (tertiary alicyclic amines) is 1. The van der Waals surface area contributed by atoms with E-state index in [1.54, 1.807) is 24.3 Å². The SMILES string of the molecule is CC1(c2cccc(NS(C)(=O)=O)c2)C2CN(CC=Cc3ccccc3C(F)(F)F)CC21. The van der Waals surface area contributed by atoms with E-state index >= 15 is 0 Å². The predicted octanol–water partition coefficient (Wildman–Crippen LogP) is 4.61. The van der Waals surface area contributed by atoms with Crippen molar-refractivity contribution in [1.82, 2.24) is 4.90 Å². The van der Waals surface area contributed by atoms with E-state index in [2.05, 4.69) is 16.5 Å². The Morgan fingerprint density at radius 1 is 1.13 bits per heavy atom. The van der Waals surface area contributed by atoms with Gasteiger partial charge < -0.3 is 0 Å². The molecular formula is C23H25F3N2O2S. The molecule has 2 aromatic rings. The van der Waals surface area contributed by atoms with Gasteiger partial charge in [0.05, 0.1) is 11.8 Å². The third-order valence-corrected chi connectivity index (χ3v) is 7.15. The van der Waals surface area contributed by atoms with Crippen molar-refractivity contribution in [2.24, 2.45) is 11.8 Å². The van der Waals surface area contributed by atoms with Crippen LogP contribution in [0.25, 0.3) is 6.08 Å². The van der Waals surface area contributed by atoms with Crippen molar-refractivity contribution in [3.8, 4) is 0 Å². The molecule has 1 heterocycles. The Hall–Kier alpha value is -2.32. The van der Waals surface area contributed by atoms with E-state index in [1.165, 1.54) is 12.1 Å². The number of fused-ring (bicyclic) bond motifs is 1. The molecule has 0 aromatic heterocycles. The summed E-state index contributed by atoms with van der Waals surface area (Å²) in [7, 11) is -3.33. The van der Waals surface area contributed by atoms with Gasteiger partial charge in [-0.15, -0.1) is 0 Å². The van der Waals surface area contributed by atoms with Gasteiger partial charge in [0.15, 0.2) is 0 Å². The maximum absolute atomic E-state index is 13.1. The number of alkyl halides is 3. The lowest BCUT2D eigenvalue weighted by Crippen LogP contribution is -2.29. The Bertz CT molecular complexity index is 1100. The molecule has 2 unspecified atom stereocenters. The molecule has 0 bridgehead atoms. The molecule has 2 aromatic carbocycles. The van der Waals surface area contributed by atoms with E-state index in [4.69, 9.17) is 0 Å². The van der Waals surface area contributed by atoms with Crippen LogP contribution in [0.15, 0.2) is 54.6 Å². The number of nitrogens with one attached hydrogen (secondary N) is 1. The molecule has 0 spiro atoms. The molecule has 8 heteroatoms. The smallest absolute Gasteiger partial charge is 0.299 e. The number of rotatable bonds is 6. The minimum absolute atomic E-state index is 0.00169. The summed E-state index contributed by atoms with van der Waals surface area (Å²) in [6.45, 7) is 4.55. The van der Waals surface area contributed by atoms with Gasteiger partial charge in [-0.2, -0.15) is 13.2 Å². The molecule has 1 saturated heterocycles. The van der Waals surface area contributed by atoms with Crippen LogP contribution in [0.4, 0.5) is 18.9 Å². The second-order valence-corrected chi connectivity index (χ2v) is 10.4. The average Bonchev–Trinajstić information content (AvgIpc) is 3.02. The standard InChI is InChI=1S/C23H25F3N2O2S/c1-22(17-9-5-10-18(13-17)27-31(2,29)30)20-14-28(15-21(20)22)12-6-8-16-7-3-4-11-19(16)23(24,25)26/h3-11,13,20-21,27H,12,14-15H2,1-2H3. The normalized spacial score (nSPS) is 26.2. The highest BCUT2D eigenvalue weighted by Gasteiger charge is 2.65. The Morgan fingerprint density at radius 3 is 2.45 bits per heavy atom. The number of anilines is 1. The van der Waals surface area contributed by atoms with Gasteiger partial charge in [-0.1, -0.05) is 49.4 Å². The summed E-state index contributed by atoms with van der Waals surface area (Å²) in [6, 6.07) is 13.1. The van der Waals surface area contributed by atoms with Crippen LogP contribution in [0.1, 0.15) is 23.6 Å². The molecule has 0 radical (unpaired) electrons. The fraction of sp³-hybridized carbons (Fsp3) is 0.391. The topological polar surface area (TPSA) is 49.4 Å². The summed E-state index contributed by atoms with van der Waals surface area (Å²) in [6.07, 6.45) is 0.111. The molecule has 166 valence electrons. The zero-order valence-electron chi connectivity index (χ0n) is 17.4. The third kappa shape index (κ3) is 4.50. The molecule has 1 aliphatic heterocycles. The molecule has 4 nitrogen and oxygen atoms in total. The van der Waals surface area contributed by atoms with Crippen molar-refractivity contribution >= 4 is 21.8 Å². The van der Waals surface area contributed by atoms with E-state index in [0.717, 1.165) is 31.0 Å². The monoisotopic (exact) mass is 450 g/mol. The highest BCUT2D eigenvalue weighted by molar-refractivity contribution is 7.92. The van der Waals surface area contributed by atoms with Gasteiger partial charge in [-0.25, -0.2) is 8.42 Å². The van der Waals surface area contributed by atoms with E-state index in [0.29, 0.717) is 24.1 Å². The Balaban J connectivity index is 1.38. The number of hydrogen-bond acceptors (Lipinski definition) is 3. The van der Waals surface area contributed by atoms with E-state index in [-0.39, 0.29) is 11.0 Å². The van der Waals surface area contributed by atoms with Crippen LogP contribution >= 0.6 is 0 Å². The van der Waals surface area contributed by atoms with Crippen molar-refractivity contribution in [2.75, 3.05) is 30.6 Å². The molecule has 2 aliphatic rings. The third-order valence-electron chi connectivity index (χ3n) is 6.54. The van der Waals surface area contributed by atoms with Gasteiger partial charge in [-0.05, 0) is 41.2 Å². The van der Waals surface area contributed by atoms with Gasteiger partial charge in [0.25, 0.3) is 0 Å². The Morgan fingerprint density at radius 2 is 1.81 bits per heavy atom. The van der Waals surface area contributed by atoms with Crippen LogP contribution in [0.2, 0.25) is 0 Å². The molecule has 2 atom stereocenters. The van der Waals surface area contributed by atoms with Crippen molar-refractivity contribution in [1.29, 1.82) is 0 Å². The zero-order valence-corrected chi connectivity index (χ0v) is 18.2. The molecule has 2 fully saturated rings. The lowest BCUT2D eigenvalue weighted by atomic mass is 9.92. The van der Waals surface area contributed by atoms with Crippen LogP contribution in [-0.2, 0) is 21.6 Å². The fourth-order valence-electron chi connectivity index (χ4n) is 4.90. The highest BCUT2D eigenvalue weighted by atomic mass is 32.2. The van der Waals surface area contributed by atoms with Gasteiger partial charge in [-0.3, -0.25) is 9.62 Å². The van der Waals surface area contributed by atoms with Gasteiger partial charge >= 0.3 is 6.18 Å². The number of sulfonamides is 1. The lowest BCUT2D eigenvalue weighted by molar-refractivity contribution is -0.137. The molecule has 0 amide bonds. The van der Waals surface area contributed by atoms with Crippen molar-refractivity contribution in [3.63, 3.8) is 0 Å². The summed E-state index contributed by atoms with van der Waals surface area (Å²) in [5.74, 6) is 0.911. The first-order valence-electron chi connectivity index (χ1n) is 10.1. The first-order valence-corrected chi connectivity index (χ1v) is 12.0. The Kier molecular flexibility index (Phi) is 5.42. The van der Waals surface area contributed by atoms with Gasteiger partial charge in [0.2, 0.25) is 10.0 Å². The van der Waals surface area contributed by atoms with Crippen molar-refractivity contribution in [3.05, 3.63) is 71.3 Å². The summed E-state index contributed by atoms with van der Waals surface area (Å²) in [5, 5.41) is 0. The fourth-order valence-corrected chi connectivity index (χ4v) is 5.46. The number of piperidine rings is 1. The van der Waals surface area contributed by atoms with Gasteiger partial charge in [0, 0.05) is 30.7 Å². The molecular weight excluding hydrogens is 425 g/mol. The minimum Gasteiger partial charge on any atom is -0.299 e. The van der Waals surface area contributed by atoms with E-state index in [9.17, 15) is 21.6 Å². The average molecular weight is 451 g/mol. The zero-order chi connectivity index (χ0) is 22.4. The van der Waals surface area contributed by atoms with E-state index < -0.39 is 21.8 Å². The largest absolute Gasteiger partial charge is 0.416 e. The summed E-state index contributed by atoms with van der Waals surface area (Å²) < 4.78 is 64.9. The maximum atomic E-state index is 13.1. The first kappa shape index (κ1) is 21.9. The highest BCUT2D eigenvalue weighted by Crippen LogP contribution is 2.63. The molecule has 4 rings (SSSR count). The molecule has 1 N–H and O–H groups in total. The molecule has 31 heavy (non-hydrogen) atoms. The number of hydrogen-bond donors (Lipinski definition) is 1. The lowest BCUT2D eigenvalue weighted by Gasteiger charge is -2.24. The van der Waals surface area contributed by atoms with Crippen LogP contribution in [0.5, 0.6) is 0 Å². The van der Waals surface area contributed by atoms with Crippen LogP contribution < -0.4 is 4.72 Å².